The number of aliphatic hydroxyl groups is 1. The van der Waals surface area contributed by atoms with Crippen molar-refractivity contribution in [1.82, 2.24) is 14.8 Å². The summed E-state index contributed by atoms with van der Waals surface area (Å²) in [4.78, 5) is 12.8. The molecule has 6 nitrogen and oxygen atoms in total. The summed E-state index contributed by atoms with van der Waals surface area (Å²) in [5, 5.41) is 10.6. The average molecular weight is 405 g/mol. The van der Waals surface area contributed by atoms with Crippen LogP contribution in [0.2, 0.25) is 0 Å². The summed E-state index contributed by atoms with van der Waals surface area (Å²) in [5.41, 5.74) is 1.29. The molecule has 1 saturated heterocycles. The predicted molar refractivity (Wildman–Crippen MR) is 115 cm³/mol. The SMILES string of the molecule is CCOc1ccc(CN2CCN(Cc3cnc(N(C)C)s3)CC2CCO)cc1. The van der Waals surface area contributed by atoms with Gasteiger partial charge >= 0.3 is 0 Å². The number of nitrogens with zero attached hydrogens (tertiary/aromatic N) is 4. The topological polar surface area (TPSA) is 52.1 Å². The zero-order valence-electron chi connectivity index (χ0n) is 17.2. The second-order valence-corrected chi connectivity index (χ2v) is 8.55. The van der Waals surface area contributed by atoms with Crippen molar-refractivity contribution in [1.29, 1.82) is 0 Å². The minimum atomic E-state index is 0.226. The van der Waals surface area contributed by atoms with Gasteiger partial charge < -0.3 is 14.7 Å². The van der Waals surface area contributed by atoms with Gasteiger partial charge in [0.25, 0.3) is 0 Å². The molecular formula is C21H32N4O2S. The molecule has 0 saturated carbocycles. The zero-order valence-corrected chi connectivity index (χ0v) is 18.0. The van der Waals surface area contributed by atoms with Gasteiger partial charge in [0.05, 0.1) is 6.61 Å². The molecule has 1 aromatic carbocycles. The van der Waals surface area contributed by atoms with Crippen LogP contribution in [-0.4, -0.2) is 72.9 Å². The molecule has 1 fully saturated rings. The van der Waals surface area contributed by atoms with Crippen molar-refractivity contribution in [3.63, 3.8) is 0 Å². The summed E-state index contributed by atoms with van der Waals surface area (Å²) in [6, 6.07) is 8.75. The third kappa shape index (κ3) is 5.67. The molecule has 3 rings (SSSR count). The van der Waals surface area contributed by atoms with Crippen LogP contribution in [0.1, 0.15) is 23.8 Å². The Morgan fingerprint density at radius 3 is 2.64 bits per heavy atom. The van der Waals surface area contributed by atoms with Crippen LogP contribution in [0.3, 0.4) is 0 Å². The Bertz CT molecular complexity index is 719. The van der Waals surface area contributed by atoms with Crippen LogP contribution in [0.5, 0.6) is 5.75 Å². The summed E-state index contributed by atoms with van der Waals surface area (Å²) in [6.45, 7) is 7.79. The molecule has 0 radical (unpaired) electrons. The van der Waals surface area contributed by atoms with E-state index in [0.717, 1.165) is 50.0 Å². The molecule has 7 heteroatoms. The van der Waals surface area contributed by atoms with E-state index in [-0.39, 0.29) is 6.61 Å². The highest BCUT2D eigenvalue weighted by atomic mass is 32.1. The van der Waals surface area contributed by atoms with Crippen molar-refractivity contribution < 1.29 is 9.84 Å². The third-order valence-corrected chi connectivity index (χ3v) is 6.22. The minimum Gasteiger partial charge on any atom is -0.494 e. The first-order valence-electron chi connectivity index (χ1n) is 10.00. The van der Waals surface area contributed by atoms with Crippen molar-refractivity contribution in [2.24, 2.45) is 0 Å². The Kier molecular flexibility index (Phi) is 7.67. The van der Waals surface area contributed by atoms with E-state index in [1.54, 1.807) is 11.3 Å². The fraction of sp³-hybridized carbons (Fsp3) is 0.571. The largest absolute Gasteiger partial charge is 0.494 e. The van der Waals surface area contributed by atoms with Crippen LogP contribution >= 0.6 is 11.3 Å². The highest BCUT2D eigenvalue weighted by molar-refractivity contribution is 7.15. The molecule has 2 aromatic rings. The molecular weight excluding hydrogens is 372 g/mol. The van der Waals surface area contributed by atoms with Gasteiger partial charge in [-0.1, -0.05) is 12.1 Å². The van der Waals surface area contributed by atoms with E-state index in [9.17, 15) is 5.11 Å². The highest BCUT2D eigenvalue weighted by Crippen LogP contribution is 2.24. The smallest absolute Gasteiger partial charge is 0.185 e. The lowest BCUT2D eigenvalue weighted by atomic mass is 10.1. The van der Waals surface area contributed by atoms with Crippen molar-refractivity contribution in [3.05, 3.63) is 40.9 Å². The van der Waals surface area contributed by atoms with Crippen molar-refractivity contribution in [2.45, 2.75) is 32.5 Å². The first-order valence-corrected chi connectivity index (χ1v) is 10.8. The minimum absolute atomic E-state index is 0.226. The average Bonchev–Trinajstić information content (AvgIpc) is 3.15. The molecule has 1 atom stereocenters. The van der Waals surface area contributed by atoms with Gasteiger partial charge in [-0.25, -0.2) is 4.98 Å². The number of rotatable bonds is 9. The van der Waals surface area contributed by atoms with Crippen LogP contribution < -0.4 is 9.64 Å². The number of anilines is 1. The second kappa shape index (κ2) is 10.2. The summed E-state index contributed by atoms with van der Waals surface area (Å²) in [6.07, 6.45) is 2.80. The molecule has 1 aromatic heterocycles. The lowest BCUT2D eigenvalue weighted by Gasteiger charge is -2.41. The number of aliphatic hydroxyl groups excluding tert-OH is 1. The highest BCUT2D eigenvalue weighted by Gasteiger charge is 2.27. The van der Waals surface area contributed by atoms with Gasteiger partial charge in [-0.3, -0.25) is 9.80 Å². The lowest BCUT2D eigenvalue weighted by molar-refractivity contribution is 0.0504. The molecule has 1 unspecified atom stereocenters. The predicted octanol–water partition coefficient (Wildman–Crippen LogP) is 2.68. The van der Waals surface area contributed by atoms with E-state index in [0.29, 0.717) is 12.6 Å². The van der Waals surface area contributed by atoms with E-state index in [1.807, 2.05) is 39.3 Å². The summed E-state index contributed by atoms with van der Waals surface area (Å²) in [7, 11) is 4.05. The third-order valence-electron chi connectivity index (χ3n) is 5.07. The standard InChI is InChI=1S/C21H32N4O2S/c1-4-27-19-7-5-17(6-8-19)14-25-11-10-24(15-18(25)9-12-26)16-20-13-22-21(28-20)23(2)3/h5-8,13,18,26H,4,9-12,14-16H2,1-3H3. The zero-order chi connectivity index (χ0) is 19.9. The number of piperazine rings is 1. The number of ether oxygens (including phenoxy) is 1. The molecule has 2 heterocycles. The van der Waals surface area contributed by atoms with Crippen molar-refractivity contribution in [3.8, 4) is 5.75 Å². The van der Waals surface area contributed by atoms with E-state index in [1.165, 1.54) is 10.4 Å². The number of aromatic nitrogens is 1. The maximum atomic E-state index is 9.56. The Morgan fingerprint density at radius 2 is 2.00 bits per heavy atom. The Balaban J connectivity index is 1.58. The quantitative estimate of drug-likeness (QED) is 0.694. The van der Waals surface area contributed by atoms with Crippen LogP contribution in [0.4, 0.5) is 5.13 Å². The summed E-state index contributed by atoms with van der Waals surface area (Å²) < 4.78 is 5.54. The van der Waals surface area contributed by atoms with E-state index in [4.69, 9.17) is 4.74 Å². The first kappa shape index (κ1) is 21.0. The molecule has 154 valence electrons. The monoisotopic (exact) mass is 404 g/mol. The van der Waals surface area contributed by atoms with Gasteiger partial charge in [0.1, 0.15) is 5.75 Å². The van der Waals surface area contributed by atoms with Crippen LogP contribution in [0.25, 0.3) is 0 Å². The van der Waals surface area contributed by atoms with E-state index < -0.39 is 0 Å². The van der Waals surface area contributed by atoms with Crippen LogP contribution in [0, 0.1) is 0 Å². The van der Waals surface area contributed by atoms with Gasteiger partial charge in [0.15, 0.2) is 5.13 Å². The first-order chi connectivity index (χ1) is 13.6. The fourth-order valence-corrected chi connectivity index (χ4v) is 4.50. The van der Waals surface area contributed by atoms with E-state index in [2.05, 4.69) is 31.8 Å². The molecule has 1 N–H and O–H groups in total. The molecule has 28 heavy (non-hydrogen) atoms. The number of benzene rings is 1. The van der Waals surface area contributed by atoms with Crippen LogP contribution in [0.15, 0.2) is 30.5 Å². The maximum absolute atomic E-state index is 9.56. The van der Waals surface area contributed by atoms with Gasteiger partial charge in [0, 0.05) is 70.5 Å². The normalized spacial score (nSPS) is 18.4. The summed E-state index contributed by atoms with van der Waals surface area (Å²) >= 11 is 1.76. The molecule has 0 aliphatic carbocycles. The van der Waals surface area contributed by atoms with Gasteiger partial charge in [-0.2, -0.15) is 0 Å². The Morgan fingerprint density at radius 1 is 1.21 bits per heavy atom. The molecule has 0 spiro atoms. The van der Waals surface area contributed by atoms with Gasteiger partial charge in [-0.15, -0.1) is 11.3 Å². The van der Waals surface area contributed by atoms with Gasteiger partial charge in [-0.05, 0) is 31.0 Å². The van der Waals surface area contributed by atoms with Crippen LogP contribution in [-0.2, 0) is 13.1 Å². The number of hydrogen-bond donors (Lipinski definition) is 1. The van der Waals surface area contributed by atoms with Gasteiger partial charge in [0.2, 0.25) is 0 Å². The van der Waals surface area contributed by atoms with Crippen molar-refractivity contribution in [2.75, 3.05) is 51.8 Å². The summed E-state index contributed by atoms with van der Waals surface area (Å²) in [5.74, 6) is 0.921. The van der Waals surface area contributed by atoms with E-state index >= 15 is 0 Å². The molecule has 0 bridgehead atoms. The molecule has 1 aliphatic heterocycles. The lowest BCUT2D eigenvalue weighted by Crippen LogP contribution is -2.52. The Labute approximate surface area is 172 Å². The van der Waals surface area contributed by atoms with Crippen molar-refractivity contribution >= 4 is 16.5 Å². The number of hydrogen-bond acceptors (Lipinski definition) is 7. The maximum Gasteiger partial charge on any atom is 0.185 e. The Hall–Kier alpha value is -1.67. The number of thiazole rings is 1. The fourth-order valence-electron chi connectivity index (χ4n) is 3.62. The molecule has 0 amide bonds. The molecule has 1 aliphatic rings. The second-order valence-electron chi connectivity index (χ2n) is 7.45.